The molecule has 0 spiro atoms. The van der Waals surface area contributed by atoms with Gasteiger partial charge < -0.3 is 24.1 Å². The van der Waals surface area contributed by atoms with Gasteiger partial charge in [0, 0.05) is 31.5 Å². The molecule has 31 heavy (non-hydrogen) atoms. The van der Waals surface area contributed by atoms with Gasteiger partial charge in [0.05, 0.1) is 28.9 Å². The summed E-state index contributed by atoms with van der Waals surface area (Å²) in [5.41, 5.74) is 2.81. The minimum Gasteiger partial charge on any atom is -0.456 e. The molecule has 3 saturated heterocycles. The van der Waals surface area contributed by atoms with E-state index in [0.717, 1.165) is 36.4 Å². The Kier molecular flexibility index (Phi) is 4.93. The lowest BCUT2D eigenvalue weighted by molar-refractivity contribution is 0.0273. The second-order valence-corrected chi connectivity index (χ2v) is 8.74. The van der Waals surface area contributed by atoms with Gasteiger partial charge in [-0.05, 0) is 43.9 Å². The SMILES string of the molecule is Clc1cc2[nH]c(OC3CO[C@@H]4CCO[C@H]34)nc2nc1-c1ccc(N2CCCCC2)nc1. The van der Waals surface area contributed by atoms with Crippen molar-refractivity contribution in [3.05, 3.63) is 29.4 Å². The molecule has 0 radical (unpaired) electrons. The van der Waals surface area contributed by atoms with E-state index >= 15 is 0 Å². The third-order valence-electron chi connectivity index (χ3n) is 6.29. The van der Waals surface area contributed by atoms with Crippen molar-refractivity contribution in [3.8, 4) is 17.3 Å². The van der Waals surface area contributed by atoms with E-state index < -0.39 is 0 Å². The van der Waals surface area contributed by atoms with Crippen LogP contribution in [0.4, 0.5) is 5.82 Å². The zero-order valence-corrected chi connectivity index (χ0v) is 17.8. The van der Waals surface area contributed by atoms with Gasteiger partial charge in [0.15, 0.2) is 11.8 Å². The third-order valence-corrected chi connectivity index (χ3v) is 6.58. The number of nitrogens with one attached hydrogen (secondary N) is 1. The number of hydrogen-bond donors (Lipinski definition) is 1. The number of rotatable bonds is 4. The molecule has 0 amide bonds. The molecule has 6 rings (SSSR count). The number of hydrogen-bond acceptors (Lipinski definition) is 7. The number of imidazole rings is 1. The smallest absolute Gasteiger partial charge is 0.296 e. The van der Waals surface area contributed by atoms with Crippen LogP contribution in [0.25, 0.3) is 22.4 Å². The standard InChI is InChI=1S/C22H24ClN5O3/c23-14-10-15-21(27-22(25-15)31-17-12-30-16-6-9-29-20(16)17)26-19(14)13-4-5-18(24-11-13)28-7-2-1-3-8-28/h4-5,10-11,16-17,20H,1-3,6-9,12H2,(H,25,26,27)/t16-,17?,20+/m1/s1. The first kappa shape index (κ1) is 19.3. The normalized spacial score (nSPS) is 25.8. The molecule has 1 N–H and O–H groups in total. The number of aromatic amines is 1. The van der Waals surface area contributed by atoms with Gasteiger partial charge in [-0.1, -0.05) is 11.6 Å². The Hall–Kier alpha value is -2.42. The number of aromatic nitrogens is 4. The molecule has 9 heteroatoms. The van der Waals surface area contributed by atoms with Crippen LogP contribution >= 0.6 is 11.6 Å². The Morgan fingerprint density at radius 3 is 2.87 bits per heavy atom. The van der Waals surface area contributed by atoms with Crippen molar-refractivity contribution in [1.82, 2.24) is 19.9 Å². The number of fused-ring (bicyclic) bond motifs is 2. The molecular formula is C22H24ClN5O3. The van der Waals surface area contributed by atoms with Crippen molar-refractivity contribution < 1.29 is 14.2 Å². The van der Waals surface area contributed by atoms with Crippen LogP contribution in [0.1, 0.15) is 25.7 Å². The van der Waals surface area contributed by atoms with Gasteiger partial charge >= 0.3 is 0 Å². The number of ether oxygens (including phenoxy) is 3. The second kappa shape index (κ2) is 7.93. The molecule has 0 saturated carbocycles. The first-order valence-corrected chi connectivity index (χ1v) is 11.3. The molecule has 3 fully saturated rings. The summed E-state index contributed by atoms with van der Waals surface area (Å²) in [5, 5.41) is 0.540. The van der Waals surface area contributed by atoms with Gasteiger partial charge in [0.25, 0.3) is 6.01 Å². The van der Waals surface area contributed by atoms with Gasteiger partial charge in [-0.3, -0.25) is 0 Å². The predicted molar refractivity (Wildman–Crippen MR) is 117 cm³/mol. The molecule has 162 valence electrons. The number of anilines is 1. The lowest BCUT2D eigenvalue weighted by Gasteiger charge is -2.27. The van der Waals surface area contributed by atoms with E-state index in [4.69, 9.17) is 25.8 Å². The van der Waals surface area contributed by atoms with E-state index in [1.165, 1.54) is 19.3 Å². The van der Waals surface area contributed by atoms with Crippen molar-refractivity contribution in [1.29, 1.82) is 0 Å². The Balaban J connectivity index is 1.24. The average Bonchev–Trinajstić information content (AvgIpc) is 3.51. The molecular weight excluding hydrogens is 418 g/mol. The first-order chi connectivity index (χ1) is 15.2. The molecule has 1 unspecified atom stereocenters. The van der Waals surface area contributed by atoms with Gasteiger partial charge in [0.1, 0.15) is 11.9 Å². The largest absolute Gasteiger partial charge is 0.456 e. The summed E-state index contributed by atoms with van der Waals surface area (Å²) in [4.78, 5) is 19.3. The lowest BCUT2D eigenvalue weighted by atomic mass is 10.1. The van der Waals surface area contributed by atoms with Crippen LogP contribution in [-0.2, 0) is 9.47 Å². The lowest BCUT2D eigenvalue weighted by Crippen LogP contribution is -2.32. The predicted octanol–water partition coefficient (Wildman–Crippen LogP) is 3.60. The molecule has 8 nitrogen and oxygen atoms in total. The van der Waals surface area contributed by atoms with Crippen LogP contribution in [-0.4, -0.2) is 64.6 Å². The van der Waals surface area contributed by atoms with Crippen LogP contribution in [0.15, 0.2) is 24.4 Å². The summed E-state index contributed by atoms with van der Waals surface area (Å²) in [5.74, 6) is 1.00. The van der Waals surface area contributed by atoms with E-state index in [-0.39, 0.29) is 18.3 Å². The minimum atomic E-state index is -0.172. The Bertz CT molecular complexity index is 1080. The fraction of sp³-hybridized carbons (Fsp3) is 0.500. The summed E-state index contributed by atoms with van der Waals surface area (Å²) >= 11 is 6.55. The highest BCUT2D eigenvalue weighted by Crippen LogP contribution is 2.32. The maximum atomic E-state index is 6.55. The molecule has 3 aliphatic heterocycles. The number of nitrogens with zero attached hydrogens (tertiary/aromatic N) is 4. The highest BCUT2D eigenvalue weighted by Gasteiger charge is 2.43. The van der Waals surface area contributed by atoms with Gasteiger partial charge in [-0.2, -0.15) is 4.98 Å². The molecule has 3 aromatic heterocycles. The zero-order valence-electron chi connectivity index (χ0n) is 17.1. The molecule has 3 aliphatic rings. The van der Waals surface area contributed by atoms with Crippen molar-refractivity contribution in [2.75, 3.05) is 31.2 Å². The highest BCUT2D eigenvalue weighted by molar-refractivity contribution is 6.33. The van der Waals surface area contributed by atoms with E-state index in [1.807, 2.05) is 24.4 Å². The molecule has 0 bridgehead atoms. The van der Waals surface area contributed by atoms with E-state index in [9.17, 15) is 0 Å². The third kappa shape index (κ3) is 3.62. The summed E-state index contributed by atoms with van der Waals surface area (Å²) in [7, 11) is 0. The van der Waals surface area contributed by atoms with Gasteiger partial charge in [-0.15, -0.1) is 0 Å². The zero-order chi connectivity index (χ0) is 20.8. The van der Waals surface area contributed by atoms with Crippen molar-refractivity contribution in [2.45, 2.75) is 44.0 Å². The van der Waals surface area contributed by atoms with Crippen LogP contribution in [0, 0.1) is 0 Å². The number of piperidine rings is 1. The average molecular weight is 442 g/mol. The molecule has 0 aliphatic carbocycles. The summed E-state index contributed by atoms with van der Waals surface area (Å²) in [6, 6.07) is 6.30. The van der Waals surface area contributed by atoms with Crippen molar-refractivity contribution in [3.63, 3.8) is 0 Å². The minimum absolute atomic E-state index is 0.0372. The Morgan fingerprint density at radius 2 is 2.03 bits per heavy atom. The summed E-state index contributed by atoms with van der Waals surface area (Å²) in [6.07, 6.45) is 6.39. The van der Waals surface area contributed by atoms with Crippen LogP contribution in [0.2, 0.25) is 5.02 Å². The monoisotopic (exact) mass is 441 g/mol. The molecule has 3 atom stereocenters. The quantitative estimate of drug-likeness (QED) is 0.662. The van der Waals surface area contributed by atoms with Gasteiger partial charge in [-0.25, -0.2) is 9.97 Å². The Labute approximate surface area is 184 Å². The van der Waals surface area contributed by atoms with Gasteiger partial charge in [0.2, 0.25) is 0 Å². The van der Waals surface area contributed by atoms with E-state index in [2.05, 4.69) is 24.8 Å². The topological polar surface area (TPSA) is 85.4 Å². The summed E-state index contributed by atoms with van der Waals surface area (Å²) < 4.78 is 17.5. The maximum absolute atomic E-state index is 6.55. The fourth-order valence-electron chi connectivity index (χ4n) is 4.66. The molecule has 0 aromatic carbocycles. The second-order valence-electron chi connectivity index (χ2n) is 8.34. The van der Waals surface area contributed by atoms with Crippen molar-refractivity contribution in [2.24, 2.45) is 0 Å². The van der Waals surface area contributed by atoms with Crippen LogP contribution < -0.4 is 9.64 Å². The first-order valence-electron chi connectivity index (χ1n) is 10.9. The van der Waals surface area contributed by atoms with E-state index in [1.54, 1.807) is 0 Å². The molecule has 6 heterocycles. The number of pyridine rings is 2. The highest BCUT2D eigenvalue weighted by atomic mass is 35.5. The van der Waals surface area contributed by atoms with E-state index in [0.29, 0.717) is 35.6 Å². The number of halogens is 1. The molecule has 3 aromatic rings. The van der Waals surface area contributed by atoms with Crippen molar-refractivity contribution >= 4 is 28.6 Å². The van der Waals surface area contributed by atoms with Crippen LogP contribution in [0.3, 0.4) is 0 Å². The Morgan fingerprint density at radius 1 is 1.13 bits per heavy atom. The maximum Gasteiger partial charge on any atom is 0.296 e. The fourth-order valence-corrected chi connectivity index (χ4v) is 4.93. The van der Waals surface area contributed by atoms with Crippen LogP contribution in [0.5, 0.6) is 6.01 Å². The summed E-state index contributed by atoms with van der Waals surface area (Å²) in [6.45, 7) is 3.33. The number of H-pyrrole nitrogens is 1.